The van der Waals surface area contributed by atoms with Gasteiger partial charge in [0.2, 0.25) is 5.91 Å². The molecule has 0 radical (unpaired) electrons. The summed E-state index contributed by atoms with van der Waals surface area (Å²) >= 11 is 0. The number of rotatable bonds is 13. The van der Waals surface area contributed by atoms with Gasteiger partial charge in [-0.3, -0.25) is 4.79 Å². The molecule has 0 spiro atoms. The summed E-state index contributed by atoms with van der Waals surface area (Å²) in [6.07, 6.45) is 6.10. The summed E-state index contributed by atoms with van der Waals surface area (Å²) in [6.45, 7) is 6.36. The fraction of sp³-hybridized carbons (Fsp3) is 0.429. The van der Waals surface area contributed by atoms with Crippen LogP contribution in [0.3, 0.4) is 0 Å². The van der Waals surface area contributed by atoms with E-state index in [1.165, 1.54) is 0 Å². The van der Waals surface area contributed by atoms with E-state index in [9.17, 15) is 9.59 Å². The molecule has 5 unspecified atom stereocenters. The molecule has 0 aromatic heterocycles. The Morgan fingerprint density at radius 3 is 1.87 bits per heavy atom. The molecular formula is C35H43NO3. The fourth-order valence-electron chi connectivity index (χ4n) is 6.72. The van der Waals surface area contributed by atoms with Crippen molar-refractivity contribution >= 4 is 12.2 Å². The summed E-state index contributed by atoms with van der Waals surface area (Å²) in [6, 6.07) is 31.5. The normalized spacial score (nSPS) is 19.7. The molecule has 1 fully saturated rings. The SMILES string of the molecule is CCCC(C(C)NC(C)=O)C(C=O)C1CCC(COC(c2ccccc2)(c2ccccc2)c2ccccc2)C1. The molecular weight excluding hydrogens is 482 g/mol. The standard InChI is InChI=1S/C35H43NO3/c1-4-14-33(26(2)36-27(3)38)34(24-37)29-22-21-28(23-29)25-39-35(30-15-8-5-9-16-30,31-17-10-6-11-18-31)32-19-12-7-13-20-32/h5-13,15-20,24,26,28-29,33-34H,4,14,21-23,25H2,1-3H3,(H,36,38). The molecule has 206 valence electrons. The maximum absolute atomic E-state index is 12.4. The van der Waals surface area contributed by atoms with Crippen LogP contribution in [-0.4, -0.2) is 24.8 Å². The lowest BCUT2D eigenvalue weighted by Crippen LogP contribution is -2.42. The Hall–Kier alpha value is -3.24. The van der Waals surface area contributed by atoms with Crippen LogP contribution in [0.15, 0.2) is 91.0 Å². The Kier molecular flexibility index (Phi) is 10.1. The predicted molar refractivity (Wildman–Crippen MR) is 157 cm³/mol. The van der Waals surface area contributed by atoms with Crippen molar-refractivity contribution < 1.29 is 14.3 Å². The predicted octanol–water partition coefficient (Wildman–Crippen LogP) is 7.17. The Bertz CT molecular complexity index is 1070. The van der Waals surface area contributed by atoms with Gasteiger partial charge in [0.25, 0.3) is 0 Å². The molecule has 39 heavy (non-hydrogen) atoms. The lowest BCUT2D eigenvalue weighted by Gasteiger charge is -2.37. The first-order chi connectivity index (χ1) is 19.0. The Labute approximate surface area is 234 Å². The number of ether oxygens (including phenoxy) is 1. The molecule has 0 saturated heterocycles. The molecule has 4 heteroatoms. The minimum absolute atomic E-state index is 0.0187. The summed E-state index contributed by atoms with van der Waals surface area (Å²) in [5.74, 6) is 0.733. The summed E-state index contributed by atoms with van der Waals surface area (Å²) < 4.78 is 7.10. The molecule has 1 amide bonds. The maximum atomic E-state index is 12.4. The maximum Gasteiger partial charge on any atom is 0.217 e. The zero-order valence-electron chi connectivity index (χ0n) is 23.6. The Balaban J connectivity index is 1.59. The highest BCUT2D eigenvalue weighted by Crippen LogP contribution is 2.44. The van der Waals surface area contributed by atoms with E-state index in [1.54, 1.807) is 6.92 Å². The van der Waals surface area contributed by atoms with Crippen LogP contribution >= 0.6 is 0 Å². The van der Waals surface area contributed by atoms with Gasteiger partial charge in [0, 0.05) is 18.9 Å². The molecule has 1 N–H and O–H groups in total. The lowest BCUT2D eigenvalue weighted by molar-refractivity contribution is -0.121. The molecule has 3 aromatic rings. The molecule has 1 aliphatic carbocycles. The van der Waals surface area contributed by atoms with Gasteiger partial charge in [0.05, 0.1) is 6.61 Å². The first-order valence-electron chi connectivity index (χ1n) is 14.5. The van der Waals surface area contributed by atoms with E-state index in [4.69, 9.17) is 4.74 Å². The first-order valence-corrected chi connectivity index (χ1v) is 14.5. The number of amides is 1. The topological polar surface area (TPSA) is 55.4 Å². The smallest absolute Gasteiger partial charge is 0.217 e. The van der Waals surface area contributed by atoms with Crippen molar-refractivity contribution in [3.05, 3.63) is 108 Å². The number of aldehydes is 1. The average Bonchev–Trinajstić information content (AvgIpc) is 3.43. The Morgan fingerprint density at radius 1 is 0.923 bits per heavy atom. The third-order valence-corrected chi connectivity index (χ3v) is 8.55. The van der Waals surface area contributed by atoms with Gasteiger partial charge in [-0.1, -0.05) is 104 Å². The lowest BCUT2D eigenvalue weighted by atomic mass is 9.75. The summed E-state index contributed by atoms with van der Waals surface area (Å²) in [5.41, 5.74) is 2.59. The minimum Gasteiger partial charge on any atom is -0.361 e. The third-order valence-electron chi connectivity index (χ3n) is 8.55. The fourth-order valence-corrected chi connectivity index (χ4v) is 6.72. The number of hydrogen-bond acceptors (Lipinski definition) is 3. The Morgan fingerprint density at radius 2 is 1.44 bits per heavy atom. The second kappa shape index (κ2) is 13.7. The van der Waals surface area contributed by atoms with Gasteiger partial charge < -0.3 is 14.8 Å². The van der Waals surface area contributed by atoms with Gasteiger partial charge in [-0.2, -0.15) is 0 Å². The van der Waals surface area contributed by atoms with Crippen LogP contribution < -0.4 is 5.32 Å². The van der Waals surface area contributed by atoms with Gasteiger partial charge in [-0.05, 0) is 67.1 Å². The van der Waals surface area contributed by atoms with E-state index in [-0.39, 0.29) is 23.8 Å². The van der Waals surface area contributed by atoms with Crippen molar-refractivity contribution in [1.29, 1.82) is 0 Å². The number of carbonyl (C=O) groups is 2. The summed E-state index contributed by atoms with van der Waals surface area (Å²) in [5, 5.41) is 3.05. The zero-order chi connectivity index (χ0) is 27.7. The van der Waals surface area contributed by atoms with E-state index >= 15 is 0 Å². The average molecular weight is 526 g/mol. The van der Waals surface area contributed by atoms with E-state index in [0.717, 1.165) is 55.1 Å². The van der Waals surface area contributed by atoms with E-state index in [0.29, 0.717) is 18.4 Å². The van der Waals surface area contributed by atoms with E-state index < -0.39 is 5.60 Å². The number of benzene rings is 3. The van der Waals surface area contributed by atoms with Crippen LogP contribution in [0.25, 0.3) is 0 Å². The van der Waals surface area contributed by atoms with Crippen LogP contribution in [0.1, 0.15) is 69.6 Å². The van der Waals surface area contributed by atoms with Gasteiger partial charge in [0.15, 0.2) is 0 Å². The second-order valence-corrected chi connectivity index (χ2v) is 11.2. The molecule has 1 aliphatic rings. The van der Waals surface area contributed by atoms with Crippen molar-refractivity contribution in [2.75, 3.05) is 6.61 Å². The zero-order valence-corrected chi connectivity index (χ0v) is 23.6. The highest BCUT2D eigenvalue weighted by atomic mass is 16.5. The van der Waals surface area contributed by atoms with Crippen molar-refractivity contribution in [3.63, 3.8) is 0 Å². The van der Waals surface area contributed by atoms with Crippen molar-refractivity contribution in [3.8, 4) is 0 Å². The highest BCUT2D eigenvalue weighted by molar-refractivity contribution is 5.73. The molecule has 4 rings (SSSR count). The van der Waals surface area contributed by atoms with Gasteiger partial charge >= 0.3 is 0 Å². The van der Waals surface area contributed by atoms with Crippen LogP contribution in [0, 0.1) is 23.7 Å². The number of carbonyl (C=O) groups excluding carboxylic acids is 2. The molecule has 0 aliphatic heterocycles. The van der Waals surface area contributed by atoms with Crippen molar-refractivity contribution in [2.45, 2.75) is 64.5 Å². The monoisotopic (exact) mass is 525 g/mol. The van der Waals surface area contributed by atoms with Gasteiger partial charge in [0.1, 0.15) is 11.9 Å². The number of nitrogens with one attached hydrogen (secondary N) is 1. The molecule has 1 saturated carbocycles. The van der Waals surface area contributed by atoms with Gasteiger partial charge in [-0.15, -0.1) is 0 Å². The summed E-state index contributed by atoms with van der Waals surface area (Å²) in [7, 11) is 0. The quantitative estimate of drug-likeness (QED) is 0.190. The molecule has 0 bridgehead atoms. The largest absolute Gasteiger partial charge is 0.361 e. The third kappa shape index (κ3) is 6.67. The minimum atomic E-state index is -0.726. The van der Waals surface area contributed by atoms with Crippen molar-refractivity contribution in [2.24, 2.45) is 23.7 Å². The van der Waals surface area contributed by atoms with Crippen LogP contribution in [0.5, 0.6) is 0 Å². The molecule has 5 atom stereocenters. The molecule has 3 aromatic carbocycles. The molecule has 4 nitrogen and oxygen atoms in total. The van der Waals surface area contributed by atoms with Crippen LogP contribution in [0.2, 0.25) is 0 Å². The first kappa shape index (κ1) is 28.8. The highest BCUT2D eigenvalue weighted by Gasteiger charge is 2.41. The summed E-state index contributed by atoms with van der Waals surface area (Å²) in [4.78, 5) is 24.2. The van der Waals surface area contributed by atoms with Crippen molar-refractivity contribution in [1.82, 2.24) is 5.32 Å². The van der Waals surface area contributed by atoms with Crippen LogP contribution in [0.4, 0.5) is 0 Å². The number of hydrogen-bond donors (Lipinski definition) is 1. The second-order valence-electron chi connectivity index (χ2n) is 11.2. The van der Waals surface area contributed by atoms with Gasteiger partial charge in [-0.25, -0.2) is 0 Å². The van der Waals surface area contributed by atoms with E-state index in [2.05, 4.69) is 85.0 Å². The van der Waals surface area contributed by atoms with Crippen LogP contribution in [-0.2, 0) is 19.9 Å². The van der Waals surface area contributed by atoms with E-state index in [1.807, 2.05) is 25.1 Å². The molecule has 0 heterocycles.